The van der Waals surface area contributed by atoms with Crippen molar-refractivity contribution >= 4 is 16.8 Å². The largest absolute Gasteiger partial charge is 0.352 e. The first kappa shape index (κ1) is 15.5. The molecule has 1 fully saturated rings. The molecule has 0 spiro atoms. The topological polar surface area (TPSA) is 73.1 Å². The first-order chi connectivity index (χ1) is 11.0. The number of hydrogen-bond donors (Lipinski definition) is 1. The predicted octanol–water partition coefficient (Wildman–Crippen LogP) is 1.16. The van der Waals surface area contributed by atoms with E-state index in [0.29, 0.717) is 23.9 Å². The van der Waals surface area contributed by atoms with Crippen molar-refractivity contribution in [3.05, 3.63) is 44.6 Å². The number of aryl methyl sites for hydroxylation is 1. The third-order valence-corrected chi connectivity index (χ3v) is 4.07. The molecule has 0 saturated heterocycles. The van der Waals surface area contributed by atoms with Gasteiger partial charge < -0.3 is 5.32 Å². The zero-order valence-electron chi connectivity index (χ0n) is 13.5. The fourth-order valence-electron chi connectivity index (χ4n) is 2.76. The Morgan fingerprint density at radius 3 is 2.65 bits per heavy atom. The highest BCUT2D eigenvalue weighted by molar-refractivity contribution is 5.82. The molecule has 2 aromatic rings. The molecule has 0 atom stereocenters. The summed E-state index contributed by atoms with van der Waals surface area (Å²) in [5.74, 6) is -0.182. The molecule has 1 amide bonds. The van der Waals surface area contributed by atoms with Gasteiger partial charge in [0.05, 0.1) is 10.9 Å². The summed E-state index contributed by atoms with van der Waals surface area (Å²) < 4.78 is 2.63. The molecule has 1 aliphatic carbocycles. The number of hydrogen-bond acceptors (Lipinski definition) is 3. The van der Waals surface area contributed by atoms with Crippen LogP contribution >= 0.6 is 0 Å². The Labute approximate surface area is 133 Å². The van der Waals surface area contributed by atoms with Crippen molar-refractivity contribution in [2.75, 3.05) is 0 Å². The van der Waals surface area contributed by atoms with E-state index in [0.717, 1.165) is 18.4 Å². The van der Waals surface area contributed by atoms with Crippen LogP contribution in [0.3, 0.4) is 0 Å². The zero-order chi connectivity index (χ0) is 16.6. The second kappa shape index (κ2) is 6.02. The molecule has 0 bridgehead atoms. The quantitative estimate of drug-likeness (QED) is 0.900. The summed E-state index contributed by atoms with van der Waals surface area (Å²) in [5, 5.41) is 3.37. The summed E-state index contributed by atoms with van der Waals surface area (Å²) in [7, 11) is 0. The molecule has 0 radical (unpaired) electrons. The van der Waals surface area contributed by atoms with Gasteiger partial charge in [0.1, 0.15) is 6.54 Å². The van der Waals surface area contributed by atoms with Crippen molar-refractivity contribution in [2.45, 2.75) is 52.2 Å². The standard InChI is InChI=1S/C17H21N3O3/c1-3-8-19-16(22)13-9-11(2)4-7-14(13)20(17(19)23)10-15(21)18-12-5-6-12/h4,7,9,12H,3,5-6,8,10H2,1-2H3,(H,18,21). The van der Waals surface area contributed by atoms with Crippen LogP contribution in [0.25, 0.3) is 10.9 Å². The number of carbonyl (C=O) groups is 1. The lowest BCUT2D eigenvalue weighted by Gasteiger charge is -2.14. The van der Waals surface area contributed by atoms with E-state index in [1.165, 1.54) is 9.13 Å². The number of benzene rings is 1. The molecule has 1 N–H and O–H groups in total. The lowest BCUT2D eigenvalue weighted by molar-refractivity contribution is -0.121. The van der Waals surface area contributed by atoms with Crippen molar-refractivity contribution in [3.8, 4) is 0 Å². The maximum absolute atomic E-state index is 12.7. The van der Waals surface area contributed by atoms with E-state index in [4.69, 9.17) is 0 Å². The fraction of sp³-hybridized carbons (Fsp3) is 0.471. The third-order valence-electron chi connectivity index (χ3n) is 4.07. The normalized spacial score (nSPS) is 14.2. The van der Waals surface area contributed by atoms with E-state index in [2.05, 4.69) is 5.32 Å². The van der Waals surface area contributed by atoms with Gasteiger partial charge in [-0.3, -0.25) is 18.7 Å². The van der Waals surface area contributed by atoms with Crippen LogP contribution in [-0.2, 0) is 17.9 Å². The van der Waals surface area contributed by atoms with Gasteiger partial charge in [0.25, 0.3) is 5.56 Å². The number of aromatic nitrogens is 2. The van der Waals surface area contributed by atoms with E-state index in [1.54, 1.807) is 12.1 Å². The van der Waals surface area contributed by atoms with E-state index in [-0.39, 0.29) is 24.1 Å². The Kier molecular flexibility index (Phi) is 4.07. The van der Waals surface area contributed by atoms with Gasteiger partial charge in [-0.05, 0) is 38.3 Å². The average Bonchev–Trinajstić information content (AvgIpc) is 3.32. The first-order valence-electron chi connectivity index (χ1n) is 8.04. The second-order valence-corrected chi connectivity index (χ2v) is 6.19. The molecule has 0 unspecified atom stereocenters. The highest BCUT2D eigenvalue weighted by Gasteiger charge is 2.24. The van der Waals surface area contributed by atoms with Crippen LogP contribution in [0.1, 0.15) is 31.7 Å². The molecule has 1 aromatic heterocycles. The van der Waals surface area contributed by atoms with Crippen LogP contribution in [0.15, 0.2) is 27.8 Å². The van der Waals surface area contributed by atoms with Gasteiger partial charge in [-0.25, -0.2) is 4.79 Å². The maximum atomic E-state index is 12.7. The Hall–Kier alpha value is -2.37. The Balaban J connectivity index is 2.15. The van der Waals surface area contributed by atoms with Crippen LogP contribution in [0.4, 0.5) is 0 Å². The minimum Gasteiger partial charge on any atom is -0.352 e. The van der Waals surface area contributed by atoms with Crippen molar-refractivity contribution in [3.63, 3.8) is 0 Å². The summed E-state index contributed by atoms with van der Waals surface area (Å²) in [4.78, 5) is 37.3. The van der Waals surface area contributed by atoms with Gasteiger partial charge in [-0.1, -0.05) is 18.6 Å². The lowest BCUT2D eigenvalue weighted by atomic mass is 10.1. The first-order valence-corrected chi connectivity index (χ1v) is 8.04. The zero-order valence-corrected chi connectivity index (χ0v) is 13.5. The van der Waals surface area contributed by atoms with Gasteiger partial charge in [-0.2, -0.15) is 0 Å². The van der Waals surface area contributed by atoms with Crippen LogP contribution in [0.5, 0.6) is 0 Å². The fourth-order valence-corrected chi connectivity index (χ4v) is 2.76. The number of rotatable bonds is 5. The second-order valence-electron chi connectivity index (χ2n) is 6.19. The number of nitrogens with zero attached hydrogens (tertiary/aromatic N) is 2. The van der Waals surface area contributed by atoms with E-state index < -0.39 is 5.69 Å². The molecular formula is C17H21N3O3. The number of fused-ring (bicyclic) bond motifs is 1. The number of amides is 1. The molecule has 1 aliphatic rings. The molecule has 122 valence electrons. The molecular weight excluding hydrogens is 294 g/mol. The van der Waals surface area contributed by atoms with Crippen LogP contribution in [-0.4, -0.2) is 21.1 Å². The predicted molar refractivity (Wildman–Crippen MR) is 88.7 cm³/mol. The Morgan fingerprint density at radius 1 is 1.26 bits per heavy atom. The Bertz CT molecular complexity index is 875. The highest BCUT2D eigenvalue weighted by atomic mass is 16.2. The Morgan fingerprint density at radius 2 is 2.00 bits per heavy atom. The molecule has 1 aromatic carbocycles. The highest BCUT2D eigenvalue weighted by Crippen LogP contribution is 2.18. The van der Waals surface area contributed by atoms with E-state index in [1.807, 2.05) is 19.9 Å². The van der Waals surface area contributed by atoms with Crippen molar-refractivity contribution in [1.82, 2.24) is 14.5 Å². The summed E-state index contributed by atoms with van der Waals surface area (Å²) in [6.45, 7) is 4.11. The van der Waals surface area contributed by atoms with Gasteiger partial charge in [0.15, 0.2) is 0 Å². The SMILES string of the molecule is CCCn1c(=O)c2cc(C)ccc2n(CC(=O)NC2CC2)c1=O. The minimum atomic E-state index is -0.417. The van der Waals surface area contributed by atoms with Crippen molar-refractivity contribution in [1.29, 1.82) is 0 Å². The molecule has 23 heavy (non-hydrogen) atoms. The summed E-state index contributed by atoms with van der Waals surface area (Å²) in [6.07, 6.45) is 2.67. The molecule has 0 aliphatic heterocycles. The van der Waals surface area contributed by atoms with Crippen LogP contribution in [0.2, 0.25) is 0 Å². The maximum Gasteiger partial charge on any atom is 0.331 e. The van der Waals surface area contributed by atoms with Gasteiger partial charge in [0, 0.05) is 12.6 Å². The van der Waals surface area contributed by atoms with Crippen molar-refractivity contribution < 1.29 is 4.79 Å². The lowest BCUT2D eigenvalue weighted by Crippen LogP contribution is -2.42. The third kappa shape index (κ3) is 3.06. The molecule has 1 heterocycles. The average molecular weight is 315 g/mol. The summed E-state index contributed by atoms with van der Waals surface area (Å²) >= 11 is 0. The summed E-state index contributed by atoms with van der Waals surface area (Å²) in [5.41, 5.74) is 0.766. The minimum absolute atomic E-state index is 0.0567. The van der Waals surface area contributed by atoms with E-state index >= 15 is 0 Å². The molecule has 6 nitrogen and oxygen atoms in total. The van der Waals surface area contributed by atoms with Gasteiger partial charge in [0.2, 0.25) is 5.91 Å². The van der Waals surface area contributed by atoms with Crippen LogP contribution in [0, 0.1) is 6.92 Å². The van der Waals surface area contributed by atoms with Gasteiger partial charge in [-0.15, -0.1) is 0 Å². The molecule has 6 heteroatoms. The number of carbonyl (C=O) groups excluding carboxylic acids is 1. The molecule has 3 rings (SSSR count). The molecule has 1 saturated carbocycles. The van der Waals surface area contributed by atoms with E-state index in [9.17, 15) is 14.4 Å². The monoisotopic (exact) mass is 315 g/mol. The van der Waals surface area contributed by atoms with Crippen molar-refractivity contribution in [2.24, 2.45) is 0 Å². The van der Waals surface area contributed by atoms with Gasteiger partial charge >= 0.3 is 5.69 Å². The number of nitrogens with one attached hydrogen (secondary N) is 1. The summed E-state index contributed by atoms with van der Waals surface area (Å²) in [6, 6.07) is 5.61. The smallest absolute Gasteiger partial charge is 0.331 e. The van der Waals surface area contributed by atoms with Crippen LogP contribution < -0.4 is 16.6 Å².